The average Bonchev–Trinajstić information content (AvgIpc) is 3.82. The highest BCUT2D eigenvalue weighted by molar-refractivity contribution is 6.13. The molecule has 1 heterocycles. The molecule has 6 nitrogen and oxygen atoms in total. The second kappa shape index (κ2) is 17.1. The second-order valence-corrected chi connectivity index (χ2v) is 17.8. The van der Waals surface area contributed by atoms with Gasteiger partial charge in [-0.3, -0.25) is 0 Å². The molecule has 0 atom stereocenters. The number of hydrogen-bond acceptors (Lipinski definition) is 6. The van der Waals surface area contributed by atoms with Crippen LogP contribution in [0.3, 0.4) is 0 Å². The summed E-state index contributed by atoms with van der Waals surface area (Å²) in [6, 6.07) is 66.1. The molecule has 0 saturated carbocycles. The molecule has 6 heteroatoms. The third kappa shape index (κ3) is 6.80. The van der Waals surface area contributed by atoms with E-state index in [1.165, 1.54) is 6.20 Å². The number of rotatable bonds is 9. The van der Waals surface area contributed by atoms with Gasteiger partial charge in [-0.15, -0.1) is 0 Å². The maximum atomic E-state index is 12.6. The highest BCUT2D eigenvalue weighted by Crippen LogP contribution is 2.56. The summed E-state index contributed by atoms with van der Waals surface area (Å²) in [7, 11) is 0. The van der Waals surface area contributed by atoms with Crippen molar-refractivity contribution in [1.82, 2.24) is 0 Å². The number of para-hydroxylation sites is 1. The van der Waals surface area contributed by atoms with Crippen LogP contribution in [0.1, 0.15) is 44.7 Å². The summed E-state index contributed by atoms with van der Waals surface area (Å²) in [5.74, 6) is -1.36. The van der Waals surface area contributed by atoms with Crippen molar-refractivity contribution in [2.75, 3.05) is 5.32 Å². The van der Waals surface area contributed by atoms with E-state index < -0.39 is 28.5 Å². The van der Waals surface area contributed by atoms with Gasteiger partial charge in [-0.2, -0.15) is 0 Å². The van der Waals surface area contributed by atoms with Crippen molar-refractivity contribution in [3.05, 3.63) is 287 Å². The lowest BCUT2D eigenvalue weighted by molar-refractivity contribution is 0.324. The molecule has 0 bridgehead atoms. The second-order valence-electron chi connectivity index (χ2n) is 17.8. The van der Waals surface area contributed by atoms with Gasteiger partial charge in [0.05, 0.1) is 11.0 Å². The third-order valence-electron chi connectivity index (χ3n) is 13.9. The summed E-state index contributed by atoms with van der Waals surface area (Å²) in [5.41, 5.74) is 10.5. The lowest BCUT2D eigenvalue weighted by atomic mass is 9.67. The highest BCUT2D eigenvalue weighted by Gasteiger charge is 2.46. The van der Waals surface area contributed by atoms with Gasteiger partial charge in [-0.05, 0) is 90.3 Å². The Kier molecular flexibility index (Phi) is 10.3. The zero-order chi connectivity index (χ0) is 47.3. The Morgan fingerprint density at radius 1 is 0.529 bits per heavy atom. The summed E-state index contributed by atoms with van der Waals surface area (Å²) < 4.78 is 6.41. The van der Waals surface area contributed by atoms with Crippen LogP contribution in [-0.2, 0) is 11.8 Å². The average molecular weight is 908 g/mol. The Bertz CT molecular complexity index is 3810. The fraction of sp³-hybridized carbons (Fsp3) is 0.0312. The fourth-order valence-electron chi connectivity index (χ4n) is 10.7. The van der Waals surface area contributed by atoms with Crippen LogP contribution in [0.5, 0.6) is 0 Å². The molecule has 2 aliphatic rings. The molecule has 9 aromatic carbocycles. The smallest absolute Gasteiger partial charge is 0.174 e. The molecule has 1 aromatic heterocycles. The molecule has 5 N–H and O–H groups in total. The Morgan fingerprint density at radius 2 is 1.17 bits per heavy atom. The monoisotopic (exact) mass is 907 g/mol. The van der Waals surface area contributed by atoms with Crippen molar-refractivity contribution >= 4 is 55.6 Å². The highest BCUT2D eigenvalue weighted by atomic mass is 16.3. The number of benzene rings is 9. The van der Waals surface area contributed by atoms with Crippen molar-refractivity contribution in [2.45, 2.75) is 11.8 Å². The van der Waals surface area contributed by atoms with Gasteiger partial charge in [0, 0.05) is 40.4 Å². The van der Waals surface area contributed by atoms with Gasteiger partial charge in [-0.1, -0.05) is 200 Å². The van der Waals surface area contributed by atoms with Crippen LogP contribution >= 0.6 is 0 Å². The molecule has 12 rings (SSSR count). The molecule has 0 radical (unpaired) electrons. The van der Waals surface area contributed by atoms with Crippen molar-refractivity contribution in [2.24, 2.45) is 0 Å². The lowest BCUT2D eigenvalue weighted by Gasteiger charge is -2.34. The van der Waals surface area contributed by atoms with Crippen molar-refractivity contribution in [1.29, 1.82) is 0 Å². The first kappa shape index (κ1) is 42.1. The minimum absolute atomic E-state index is 0.151. The molecule has 10 aromatic rings. The molecule has 0 spiro atoms. The standard InChI is InChI=1S/C64H45NO5/c66-57(39-65-45-34-31-40(32-35-45)47-27-16-28-53-52-26-8-3-9-30-58(52)70-63(47)53)61(68)59(54-37-41-17-10-11-22-46(41)48-23-12-13-24-49(48)54)62(69)60(67)42-33-36-51-50-25-14-15-29-55(50)64(56(51)38-42,43-18-4-1-5-19-43)44-20-6-2-7-21-44/h1-29,31-39,65-69H,30H2/b57-39-,61-59+,62-60-. The first-order valence-corrected chi connectivity index (χ1v) is 23.4. The Balaban J connectivity index is 0.984. The number of aliphatic hydroxyl groups excluding tert-OH is 4. The molecular formula is C64H45NO5. The number of allylic oxidation sites excluding steroid dienone is 4. The zero-order valence-electron chi connectivity index (χ0n) is 37.8. The summed E-state index contributed by atoms with van der Waals surface area (Å²) in [4.78, 5) is 0. The van der Waals surface area contributed by atoms with E-state index in [-0.39, 0.29) is 5.57 Å². The van der Waals surface area contributed by atoms with E-state index in [1.807, 2.05) is 158 Å². The molecule has 0 saturated heterocycles. The van der Waals surface area contributed by atoms with E-state index >= 15 is 0 Å². The lowest BCUT2D eigenvalue weighted by Crippen LogP contribution is -2.28. The first-order chi connectivity index (χ1) is 34.4. The molecule has 0 unspecified atom stereocenters. The van der Waals surface area contributed by atoms with Crippen molar-refractivity contribution in [3.8, 4) is 22.3 Å². The SMILES string of the molecule is OC(=C\Nc1ccc(-c2cccc3c4c(oc23)CC=CC=C4)cc1)/C(O)=C(\C(O)=C(\O)c1ccc2c(c1)C(c1ccccc1)(c1ccccc1)c1ccccc1-2)c1cc2ccccc2c2ccccc12. The summed E-state index contributed by atoms with van der Waals surface area (Å²) in [6.07, 6.45) is 10.2. The molecule has 70 heavy (non-hydrogen) atoms. The minimum Gasteiger partial charge on any atom is -0.504 e. The van der Waals surface area contributed by atoms with Crippen LogP contribution in [0.25, 0.3) is 72.2 Å². The van der Waals surface area contributed by atoms with Crippen LogP contribution in [0.15, 0.2) is 246 Å². The number of furan rings is 1. The predicted octanol–water partition coefficient (Wildman–Crippen LogP) is 16.2. The van der Waals surface area contributed by atoms with Crippen LogP contribution in [-0.4, -0.2) is 20.4 Å². The van der Waals surface area contributed by atoms with Gasteiger partial charge in [0.1, 0.15) is 11.3 Å². The minimum atomic E-state index is -0.763. The maximum absolute atomic E-state index is 12.6. The van der Waals surface area contributed by atoms with E-state index in [4.69, 9.17) is 4.42 Å². The summed E-state index contributed by atoms with van der Waals surface area (Å²) in [5, 5.41) is 56.9. The molecular weight excluding hydrogens is 863 g/mol. The summed E-state index contributed by atoms with van der Waals surface area (Å²) in [6.45, 7) is 0. The largest absolute Gasteiger partial charge is 0.504 e. The van der Waals surface area contributed by atoms with Gasteiger partial charge in [0.15, 0.2) is 23.0 Å². The molecule has 0 amide bonds. The number of fused-ring (bicyclic) bond motifs is 9. The number of aliphatic hydroxyl groups is 4. The van der Waals surface area contributed by atoms with Gasteiger partial charge >= 0.3 is 0 Å². The van der Waals surface area contributed by atoms with E-state index in [1.54, 1.807) is 6.07 Å². The van der Waals surface area contributed by atoms with E-state index in [2.05, 4.69) is 66.0 Å². The van der Waals surface area contributed by atoms with Crippen LogP contribution < -0.4 is 5.32 Å². The molecule has 336 valence electrons. The van der Waals surface area contributed by atoms with E-state index in [9.17, 15) is 20.4 Å². The molecule has 0 fully saturated rings. The van der Waals surface area contributed by atoms with E-state index in [0.29, 0.717) is 22.2 Å². The predicted molar refractivity (Wildman–Crippen MR) is 285 cm³/mol. The van der Waals surface area contributed by atoms with Crippen LogP contribution in [0, 0.1) is 0 Å². The Morgan fingerprint density at radius 3 is 1.94 bits per heavy atom. The normalized spacial score (nSPS) is 14.4. The van der Waals surface area contributed by atoms with Crippen molar-refractivity contribution < 1.29 is 24.8 Å². The van der Waals surface area contributed by atoms with Crippen LogP contribution in [0.2, 0.25) is 0 Å². The number of nitrogens with one attached hydrogen (secondary N) is 1. The maximum Gasteiger partial charge on any atom is 0.174 e. The third-order valence-corrected chi connectivity index (χ3v) is 13.9. The number of hydrogen-bond donors (Lipinski definition) is 5. The molecule has 0 aliphatic heterocycles. The van der Waals surface area contributed by atoms with E-state index in [0.717, 1.165) is 89.4 Å². The van der Waals surface area contributed by atoms with Gasteiger partial charge in [0.25, 0.3) is 0 Å². The number of anilines is 1. The Labute approximate surface area is 404 Å². The molecule has 2 aliphatic carbocycles. The fourth-order valence-corrected chi connectivity index (χ4v) is 10.7. The topological polar surface area (TPSA) is 106 Å². The first-order valence-electron chi connectivity index (χ1n) is 23.4. The van der Waals surface area contributed by atoms with Crippen molar-refractivity contribution in [3.63, 3.8) is 0 Å². The van der Waals surface area contributed by atoms with Gasteiger partial charge in [-0.25, -0.2) is 0 Å². The zero-order valence-corrected chi connectivity index (χ0v) is 37.8. The van der Waals surface area contributed by atoms with Gasteiger partial charge in [0.2, 0.25) is 0 Å². The quantitative estimate of drug-likeness (QED) is 0.0561. The van der Waals surface area contributed by atoms with Crippen LogP contribution in [0.4, 0.5) is 5.69 Å². The Hall–Kier alpha value is -9.26. The summed E-state index contributed by atoms with van der Waals surface area (Å²) >= 11 is 0. The van der Waals surface area contributed by atoms with Gasteiger partial charge < -0.3 is 30.2 Å².